The molecule has 0 aliphatic rings. The van der Waals surface area contributed by atoms with E-state index in [2.05, 4.69) is 50.4 Å². The zero-order valence-corrected chi connectivity index (χ0v) is 8.09. The van der Waals surface area contributed by atoms with Gasteiger partial charge >= 0.3 is 0 Å². The third kappa shape index (κ3) is 2.00. The summed E-state index contributed by atoms with van der Waals surface area (Å²) < 4.78 is 0. The summed E-state index contributed by atoms with van der Waals surface area (Å²) in [6.07, 6.45) is 0. The molecule has 0 aliphatic carbocycles. The maximum atomic E-state index is 3.36. The number of anilines is 1. The lowest BCUT2D eigenvalue weighted by Crippen LogP contribution is -2.01. The first-order valence-electron chi connectivity index (χ1n) is 4.58. The van der Waals surface area contributed by atoms with E-state index in [9.17, 15) is 0 Å². The van der Waals surface area contributed by atoms with Crippen LogP contribution >= 0.6 is 0 Å². The van der Waals surface area contributed by atoms with Crippen LogP contribution in [0.25, 0.3) is 0 Å². The van der Waals surface area contributed by atoms with Crippen LogP contribution in [0.2, 0.25) is 0 Å². The molecule has 1 N–H and O–H groups in total. The fourth-order valence-electron chi connectivity index (χ4n) is 1.35. The lowest BCUT2D eigenvalue weighted by molar-refractivity contribution is 0.866. The molecule has 0 bridgehead atoms. The molecule has 1 heteroatoms. The van der Waals surface area contributed by atoms with Gasteiger partial charge in [-0.05, 0) is 24.5 Å². The van der Waals surface area contributed by atoms with Crippen LogP contribution in [0.4, 0.5) is 5.69 Å². The Labute approximate surface area is 74.8 Å². The van der Waals surface area contributed by atoms with Gasteiger partial charge in [-0.15, -0.1) is 0 Å². The molecule has 0 heterocycles. The predicted molar refractivity (Wildman–Crippen MR) is 54.7 cm³/mol. The summed E-state index contributed by atoms with van der Waals surface area (Å²) in [5.41, 5.74) is 2.68. The van der Waals surface area contributed by atoms with Crippen molar-refractivity contribution in [3.05, 3.63) is 29.8 Å². The first-order chi connectivity index (χ1) is 5.75. The molecule has 1 nitrogen and oxygen atoms in total. The zero-order valence-electron chi connectivity index (χ0n) is 8.09. The smallest absolute Gasteiger partial charge is 0.0375 e. The Bertz CT molecular complexity index is 241. The molecular formula is C11H17N. The number of nitrogens with one attached hydrogen (secondary N) is 1. The summed E-state index contributed by atoms with van der Waals surface area (Å²) in [5.74, 6) is 0.597. The first-order valence-corrected chi connectivity index (χ1v) is 4.58. The molecule has 0 amide bonds. The van der Waals surface area contributed by atoms with Crippen LogP contribution in [-0.4, -0.2) is 6.54 Å². The molecule has 66 valence electrons. The van der Waals surface area contributed by atoms with Gasteiger partial charge in [-0.1, -0.05) is 32.0 Å². The van der Waals surface area contributed by atoms with Crippen molar-refractivity contribution in [3.8, 4) is 0 Å². The molecule has 0 aromatic heterocycles. The SMILES string of the molecule is CCNc1ccccc1C(C)C. The van der Waals surface area contributed by atoms with Gasteiger partial charge in [-0.25, -0.2) is 0 Å². The Morgan fingerprint density at radius 3 is 2.50 bits per heavy atom. The minimum Gasteiger partial charge on any atom is -0.385 e. The maximum absolute atomic E-state index is 3.36. The van der Waals surface area contributed by atoms with Gasteiger partial charge in [0.05, 0.1) is 0 Å². The molecule has 0 saturated carbocycles. The van der Waals surface area contributed by atoms with Gasteiger partial charge in [0.15, 0.2) is 0 Å². The number of para-hydroxylation sites is 1. The third-order valence-corrected chi connectivity index (χ3v) is 1.95. The minimum atomic E-state index is 0.597. The highest BCUT2D eigenvalue weighted by Crippen LogP contribution is 2.23. The second-order valence-electron chi connectivity index (χ2n) is 3.27. The van der Waals surface area contributed by atoms with Crippen LogP contribution in [0.5, 0.6) is 0 Å². The van der Waals surface area contributed by atoms with Crippen molar-refractivity contribution in [1.29, 1.82) is 0 Å². The number of benzene rings is 1. The monoisotopic (exact) mass is 163 g/mol. The standard InChI is InChI=1S/C11H17N/c1-4-12-11-8-6-5-7-10(11)9(2)3/h5-9,12H,4H2,1-3H3. The average molecular weight is 163 g/mol. The fourth-order valence-corrected chi connectivity index (χ4v) is 1.35. The largest absolute Gasteiger partial charge is 0.385 e. The van der Waals surface area contributed by atoms with E-state index >= 15 is 0 Å². The molecule has 1 aromatic rings. The number of rotatable bonds is 3. The van der Waals surface area contributed by atoms with Crippen molar-refractivity contribution >= 4 is 5.69 Å². The van der Waals surface area contributed by atoms with Crippen LogP contribution in [-0.2, 0) is 0 Å². The van der Waals surface area contributed by atoms with Crippen molar-refractivity contribution < 1.29 is 0 Å². The topological polar surface area (TPSA) is 12.0 Å². The van der Waals surface area contributed by atoms with Gasteiger partial charge in [0, 0.05) is 12.2 Å². The molecule has 0 spiro atoms. The Kier molecular flexibility index (Phi) is 3.15. The van der Waals surface area contributed by atoms with E-state index in [4.69, 9.17) is 0 Å². The van der Waals surface area contributed by atoms with Crippen LogP contribution in [0.15, 0.2) is 24.3 Å². The average Bonchev–Trinajstić information content (AvgIpc) is 2.05. The Morgan fingerprint density at radius 2 is 1.92 bits per heavy atom. The normalized spacial score (nSPS) is 10.3. The molecule has 0 saturated heterocycles. The van der Waals surface area contributed by atoms with Crippen molar-refractivity contribution in [2.75, 3.05) is 11.9 Å². The van der Waals surface area contributed by atoms with E-state index in [1.807, 2.05) is 0 Å². The molecule has 0 unspecified atom stereocenters. The third-order valence-electron chi connectivity index (χ3n) is 1.95. The van der Waals surface area contributed by atoms with Gasteiger partial charge in [-0.2, -0.15) is 0 Å². The summed E-state index contributed by atoms with van der Waals surface area (Å²) in [7, 11) is 0. The van der Waals surface area contributed by atoms with Crippen molar-refractivity contribution in [2.24, 2.45) is 0 Å². The van der Waals surface area contributed by atoms with E-state index in [0.29, 0.717) is 5.92 Å². The summed E-state index contributed by atoms with van der Waals surface area (Å²) in [4.78, 5) is 0. The fraction of sp³-hybridized carbons (Fsp3) is 0.455. The second kappa shape index (κ2) is 4.15. The summed E-state index contributed by atoms with van der Waals surface area (Å²) in [5, 5.41) is 3.36. The quantitative estimate of drug-likeness (QED) is 0.721. The molecule has 1 aromatic carbocycles. The second-order valence-corrected chi connectivity index (χ2v) is 3.27. The molecule has 0 radical (unpaired) electrons. The molecule has 0 fully saturated rings. The van der Waals surface area contributed by atoms with Crippen molar-refractivity contribution in [2.45, 2.75) is 26.7 Å². The Balaban J connectivity index is 2.92. The van der Waals surface area contributed by atoms with Crippen LogP contribution in [0, 0.1) is 0 Å². The highest BCUT2D eigenvalue weighted by molar-refractivity contribution is 5.52. The minimum absolute atomic E-state index is 0.597. The van der Waals surface area contributed by atoms with Gasteiger partial charge in [-0.3, -0.25) is 0 Å². The predicted octanol–water partition coefficient (Wildman–Crippen LogP) is 3.24. The molecule has 0 aliphatic heterocycles. The van der Waals surface area contributed by atoms with Gasteiger partial charge in [0.2, 0.25) is 0 Å². The molecule has 0 atom stereocenters. The van der Waals surface area contributed by atoms with Crippen LogP contribution < -0.4 is 5.32 Å². The molecule has 12 heavy (non-hydrogen) atoms. The Morgan fingerprint density at radius 1 is 1.25 bits per heavy atom. The van der Waals surface area contributed by atoms with Crippen molar-refractivity contribution in [3.63, 3.8) is 0 Å². The van der Waals surface area contributed by atoms with E-state index < -0.39 is 0 Å². The number of hydrogen-bond donors (Lipinski definition) is 1. The van der Waals surface area contributed by atoms with Crippen molar-refractivity contribution in [1.82, 2.24) is 0 Å². The maximum Gasteiger partial charge on any atom is 0.0375 e. The van der Waals surface area contributed by atoms with E-state index in [1.54, 1.807) is 0 Å². The first kappa shape index (κ1) is 9.11. The molecule has 1 rings (SSSR count). The van der Waals surface area contributed by atoms with E-state index in [0.717, 1.165) is 6.54 Å². The van der Waals surface area contributed by atoms with Crippen LogP contribution in [0.1, 0.15) is 32.3 Å². The van der Waals surface area contributed by atoms with Gasteiger partial charge in [0.1, 0.15) is 0 Å². The zero-order chi connectivity index (χ0) is 8.97. The van der Waals surface area contributed by atoms with Gasteiger partial charge < -0.3 is 5.32 Å². The molecular weight excluding hydrogens is 146 g/mol. The lowest BCUT2D eigenvalue weighted by atomic mass is 10.0. The van der Waals surface area contributed by atoms with E-state index in [1.165, 1.54) is 11.3 Å². The van der Waals surface area contributed by atoms with Crippen LogP contribution in [0.3, 0.4) is 0 Å². The summed E-state index contributed by atoms with van der Waals surface area (Å²) >= 11 is 0. The lowest BCUT2D eigenvalue weighted by Gasteiger charge is -2.12. The summed E-state index contributed by atoms with van der Waals surface area (Å²) in [6.45, 7) is 7.55. The highest BCUT2D eigenvalue weighted by Gasteiger charge is 2.03. The summed E-state index contributed by atoms with van der Waals surface area (Å²) in [6, 6.07) is 8.49. The van der Waals surface area contributed by atoms with Gasteiger partial charge in [0.25, 0.3) is 0 Å². The van der Waals surface area contributed by atoms with E-state index in [-0.39, 0.29) is 0 Å². The highest BCUT2D eigenvalue weighted by atomic mass is 14.9. The number of hydrogen-bond acceptors (Lipinski definition) is 1. The Hall–Kier alpha value is -0.980.